The van der Waals surface area contributed by atoms with Crippen molar-refractivity contribution in [3.05, 3.63) is 22.2 Å². The highest BCUT2D eigenvalue weighted by Crippen LogP contribution is 2.36. The van der Waals surface area contributed by atoms with Gasteiger partial charge in [0.05, 0.1) is 18.2 Å². The lowest BCUT2D eigenvalue weighted by Gasteiger charge is -2.17. The van der Waals surface area contributed by atoms with Crippen molar-refractivity contribution < 1.29 is 9.47 Å². The molecule has 1 N–H and O–H groups in total. The third kappa shape index (κ3) is 4.36. The van der Waals surface area contributed by atoms with E-state index in [2.05, 4.69) is 40.3 Å². The van der Waals surface area contributed by atoms with E-state index in [-0.39, 0.29) is 0 Å². The minimum atomic E-state index is 0.631. The Morgan fingerprint density at radius 1 is 1.33 bits per heavy atom. The van der Waals surface area contributed by atoms with Gasteiger partial charge in [0.2, 0.25) is 0 Å². The van der Waals surface area contributed by atoms with Crippen LogP contribution in [0.4, 0.5) is 0 Å². The van der Waals surface area contributed by atoms with Gasteiger partial charge in [0.15, 0.2) is 11.5 Å². The van der Waals surface area contributed by atoms with Gasteiger partial charge in [0.25, 0.3) is 0 Å². The highest BCUT2D eigenvalue weighted by atomic mass is 79.9. The molecule has 1 fully saturated rings. The van der Waals surface area contributed by atoms with Crippen molar-refractivity contribution in [2.75, 3.05) is 20.3 Å². The van der Waals surface area contributed by atoms with Crippen LogP contribution in [0.1, 0.15) is 38.7 Å². The Morgan fingerprint density at radius 3 is 2.76 bits per heavy atom. The second-order valence-electron chi connectivity index (χ2n) is 5.84. The van der Waals surface area contributed by atoms with Crippen LogP contribution in [0.3, 0.4) is 0 Å². The molecule has 0 aromatic heterocycles. The van der Waals surface area contributed by atoms with Crippen LogP contribution in [-0.4, -0.2) is 20.3 Å². The molecule has 4 heteroatoms. The van der Waals surface area contributed by atoms with Crippen LogP contribution in [-0.2, 0) is 6.54 Å². The molecule has 1 aromatic carbocycles. The number of nitrogens with one attached hydrogen (secondary N) is 1. The summed E-state index contributed by atoms with van der Waals surface area (Å²) in [4.78, 5) is 0. The maximum Gasteiger partial charge on any atom is 0.175 e. The Bertz CT molecular complexity index is 464. The lowest BCUT2D eigenvalue weighted by molar-refractivity contribution is 0.308. The van der Waals surface area contributed by atoms with E-state index in [0.29, 0.717) is 6.61 Å². The fraction of sp³-hybridized carbons (Fsp3) is 0.647. The zero-order valence-electron chi connectivity index (χ0n) is 13.2. The van der Waals surface area contributed by atoms with Crippen molar-refractivity contribution in [3.63, 3.8) is 0 Å². The third-order valence-corrected chi connectivity index (χ3v) is 4.94. The van der Waals surface area contributed by atoms with Crippen molar-refractivity contribution >= 4 is 15.9 Å². The molecule has 0 bridgehead atoms. The second kappa shape index (κ2) is 8.04. The zero-order valence-corrected chi connectivity index (χ0v) is 14.8. The first kappa shape index (κ1) is 16.6. The van der Waals surface area contributed by atoms with Gasteiger partial charge in [-0.05, 0) is 65.4 Å². The SMILES string of the molecule is CCOc1c(Br)cc(CNCC2CCCC2C)cc1OC. The van der Waals surface area contributed by atoms with E-state index in [0.717, 1.165) is 40.9 Å². The fourth-order valence-electron chi connectivity index (χ4n) is 3.09. The van der Waals surface area contributed by atoms with E-state index in [9.17, 15) is 0 Å². The topological polar surface area (TPSA) is 30.5 Å². The molecule has 21 heavy (non-hydrogen) atoms. The average molecular weight is 356 g/mol. The van der Waals surface area contributed by atoms with Crippen LogP contribution in [0.5, 0.6) is 11.5 Å². The second-order valence-corrected chi connectivity index (χ2v) is 6.70. The van der Waals surface area contributed by atoms with E-state index in [1.54, 1.807) is 7.11 Å². The Labute approximate surface area is 136 Å². The summed E-state index contributed by atoms with van der Waals surface area (Å²) in [7, 11) is 1.68. The van der Waals surface area contributed by atoms with Gasteiger partial charge in [-0.3, -0.25) is 0 Å². The number of benzene rings is 1. The summed E-state index contributed by atoms with van der Waals surface area (Å²) in [6, 6.07) is 4.17. The summed E-state index contributed by atoms with van der Waals surface area (Å²) in [6.07, 6.45) is 4.13. The van der Waals surface area contributed by atoms with Gasteiger partial charge in [-0.25, -0.2) is 0 Å². The molecular formula is C17H26BrNO2. The maximum absolute atomic E-state index is 5.62. The van der Waals surface area contributed by atoms with Crippen molar-refractivity contribution in [3.8, 4) is 11.5 Å². The van der Waals surface area contributed by atoms with Gasteiger partial charge in [0.1, 0.15) is 0 Å². The molecule has 3 nitrogen and oxygen atoms in total. The van der Waals surface area contributed by atoms with Gasteiger partial charge >= 0.3 is 0 Å². The lowest BCUT2D eigenvalue weighted by atomic mass is 9.98. The van der Waals surface area contributed by atoms with Crippen LogP contribution in [0, 0.1) is 11.8 Å². The normalized spacial score (nSPS) is 21.5. The van der Waals surface area contributed by atoms with Crippen LogP contribution in [0.2, 0.25) is 0 Å². The Balaban J connectivity index is 1.95. The molecule has 118 valence electrons. The molecule has 0 saturated heterocycles. The first-order valence-electron chi connectivity index (χ1n) is 7.85. The molecule has 0 heterocycles. The van der Waals surface area contributed by atoms with Gasteiger partial charge in [0, 0.05) is 6.54 Å². The van der Waals surface area contributed by atoms with Crippen LogP contribution < -0.4 is 14.8 Å². The Kier molecular flexibility index (Phi) is 6.37. The number of hydrogen-bond acceptors (Lipinski definition) is 3. The van der Waals surface area contributed by atoms with Crippen LogP contribution >= 0.6 is 15.9 Å². The Hall–Kier alpha value is -0.740. The number of halogens is 1. The van der Waals surface area contributed by atoms with Gasteiger partial charge in [-0.2, -0.15) is 0 Å². The molecule has 1 aliphatic rings. The smallest absolute Gasteiger partial charge is 0.175 e. The zero-order chi connectivity index (χ0) is 15.2. The summed E-state index contributed by atoms with van der Waals surface area (Å²) in [5.74, 6) is 3.27. The molecule has 1 aliphatic carbocycles. The molecule has 1 aromatic rings. The molecule has 2 rings (SSSR count). The van der Waals surface area contributed by atoms with E-state index in [1.165, 1.54) is 24.8 Å². The molecule has 0 radical (unpaired) electrons. The van der Waals surface area contributed by atoms with Crippen molar-refractivity contribution in [2.24, 2.45) is 11.8 Å². The molecule has 2 unspecified atom stereocenters. The van der Waals surface area contributed by atoms with E-state index in [4.69, 9.17) is 9.47 Å². The monoisotopic (exact) mass is 355 g/mol. The molecular weight excluding hydrogens is 330 g/mol. The largest absolute Gasteiger partial charge is 0.493 e. The number of hydrogen-bond donors (Lipinski definition) is 1. The van der Waals surface area contributed by atoms with Crippen molar-refractivity contribution in [1.29, 1.82) is 0 Å². The number of methoxy groups -OCH3 is 1. The Morgan fingerprint density at radius 2 is 2.14 bits per heavy atom. The van der Waals surface area contributed by atoms with E-state index >= 15 is 0 Å². The van der Waals surface area contributed by atoms with Crippen LogP contribution in [0.15, 0.2) is 16.6 Å². The lowest BCUT2D eigenvalue weighted by Crippen LogP contribution is -2.24. The molecule has 1 saturated carbocycles. The summed E-state index contributed by atoms with van der Waals surface area (Å²) < 4.78 is 12.0. The minimum absolute atomic E-state index is 0.631. The molecule has 0 aliphatic heterocycles. The maximum atomic E-state index is 5.62. The highest BCUT2D eigenvalue weighted by molar-refractivity contribution is 9.10. The first-order chi connectivity index (χ1) is 10.2. The standard InChI is InChI=1S/C17H26BrNO2/c1-4-21-17-15(18)8-13(9-16(17)20-3)10-19-11-14-7-5-6-12(14)2/h8-9,12,14,19H,4-7,10-11H2,1-3H3. The summed E-state index contributed by atoms with van der Waals surface area (Å²) in [6.45, 7) is 6.95. The highest BCUT2D eigenvalue weighted by Gasteiger charge is 2.22. The summed E-state index contributed by atoms with van der Waals surface area (Å²) >= 11 is 3.57. The molecule has 0 spiro atoms. The first-order valence-corrected chi connectivity index (χ1v) is 8.65. The van der Waals surface area contributed by atoms with Gasteiger partial charge in [-0.1, -0.05) is 19.8 Å². The van der Waals surface area contributed by atoms with Crippen LogP contribution in [0.25, 0.3) is 0 Å². The minimum Gasteiger partial charge on any atom is -0.493 e. The van der Waals surface area contributed by atoms with Crippen molar-refractivity contribution in [1.82, 2.24) is 5.32 Å². The average Bonchev–Trinajstić information content (AvgIpc) is 2.87. The number of rotatable bonds is 7. The van der Waals surface area contributed by atoms with E-state index in [1.807, 2.05) is 6.92 Å². The van der Waals surface area contributed by atoms with Gasteiger partial charge < -0.3 is 14.8 Å². The fourth-order valence-corrected chi connectivity index (χ4v) is 3.69. The molecule has 0 amide bonds. The predicted molar refractivity (Wildman–Crippen MR) is 90.1 cm³/mol. The predicted octanol–water partition coefficient (Wildman–Crippen LogP) is 4.38. The quantitative estimate of drug-likeness (QED) is 0.786. The third-order valence-electron chi connectivity index (χ3n) is 4.35. The van der Waals surface area contributed by atoms with Gasteiger partial charge in [-0.15, -0.1) is 0 Å². The summed E-state index contributed by atoms with van der Waals surface area (Å²) in [5.41, 5.74) is 1.22. The molecule has 2 atom stereocenters. The van der Waals surface area contributed by atoms with Crippen molar-refractivity contribution in [2.45, 2.75) is 39.7 Å². The summed E-state index contributed by atoms with van der Waals surface area (Å²) in [5, 5.41) is 3.59. The van der Waals surface area contributed by atoms with E-state index < -0.39 is 0 Å². The number of ether oxygens (including phenoxy) is 2.